The molecule has 1 saturated carbocycles. The summed E-state index contributed by atoms with van der Waals surface area (Å²) in [5, 5.41) is 0.108. The number of ether oxygens (including phenoxy) is 3. The normalized spacial score (nSPS) is 23.2. The van der Waals surface area contributed by atoms with Crippen molar-refractivity contribution in [2.24, 2.45) is 11.8 Å². The Morgan fingerprint density at radius 3 is 1.46 bits per heavy atom. The number of Topliss-reactive ketones (excluding diaryl/α,β-unsaturated/α-hetero) is 1. The fraction of sp³-hybridized carbons (Fsp3) is 0.163. The van der Waals surface area contributed by atoms with Crippen LogP contribution in [0.15, 0.2) is 127 Å². The van der Waals surface area contributed by atoms with Crippen LogP contribution in [0.3, 0.4) is 0 Å². The second-order valence-electron chi connectivity index (χ2n) is 13.0. The number of esters is 1. The zero-order chi connectivity index (χ0) is 36.4. The standard InChI is InChI=1S/C43H32ClNO7/c1-50-30-19-14-25(15-20-30)34-35(26-16-21-31(51-2)22-17-26)43(28-12-8-5-9-13-28)37-36(42(34,41(43)49)27-10-6-4-7-11-27)38(46)45(39(37)47)29-18-23-33(44)32(24-29)40(48)52-3/h4-24,36-37H,1-3H3/t36-,37+,42-,43-/m0/s1. The number of benzene rings is 5. The monoisotopic (exact) mass is 709 g/mol. The summed E-state index contributed by atoms with van der Waals surface area (Å²) in [6, 6.07) is 37.7. The van der Waals surface area contributed by atoms with E-state index in [2.05, 4.69) is 0 Å². The highest BCUT2D eigenvalue weighted by molar-refractivity contribution is 6.39. The van der Waals surface area contributed by atoms with Crippen LogP contribution in [0.25, 0.3) is 11.1 Å². The molecule has 0 radical (unpaired) electrons. The molecule has 5 aromatic rings. The first-order valence-electron chi connectivity index (χ1n) is 16.7. The predicted molar refractivity (Wildman–Crippen MR) is 196 cm³/mol. The molecule has 0 spiro atoms. The quantitative estimate of drug-likeness (QED) is 0.123. The smallest absolute Gasteiger partial charge is 0.339 e. The molecule has 1 heterocycles. The largest absolute Gasteiger partial charge is 0.497 e. The first kappa shape index (κ1) is 33.2. The van der Waals surface area contributed by atoms with Crippen molar-refractivity contribution in [3.05, 3.63) is 160 Å². The van der Waals surface area contributed by atoms with Gasteiger partial charge in [-0.3, -0.25) is 14.4 Å². The summed E-state index contributed by atoms with van der Waals surface area (Å²) in [5.41, 5.74) is 0.820. The number of nitrogens with zero attached hydrogens (tertiary/aromatic N) is 1. The predicted octanol–water partition coefficient (Wildman–Crippen LogP) is 7.33. The Bertz CT molecular complexity index is 2180. The van der Waals surface area contributed by atoms with E-state index in [1.54, 1.807) is 14.2 Å². The van der Waals surface area contributed by atoms with E-state index in [1.165, 1.54) is 25.3 Å². The Labute approximate surface area is 305 Å². The van der Waals surface area contributed by atoms with E-state index in [0.29, 0.717) is 44.9 Å². The SMILES string of the molecule is COC(=O)c1cc(N2C(=O)[C@@H]3[C@H](C2=O)[C@@]2(c4ccccc4)C(=O)[C@@]3(c3ccccc3)C(c3ccc(OC)cc3)=C2c2ccc(OC)cc2)ccc1Cl. The number of hydrogen-bond acceptors (Lipinski definition) is 7. The molecule has 8 rings (SSSR count). The number of methoxy groups -OCH3 is 3. The first-order chi connectivity index (χ1) is 25.2. The fourth-order valence-corrected chi connectivity index (χ4v) is 9.01. The van der Waals surface area contributed by atoms with Gasteiger partial charge in [-0.25, -0.2) is 9.69 Å². The molecule has 0 unspecified atom stereocenters. The number of carbonyl (C=O) groups is 4. The Balaban J connectivity index is 1.51. The molecule has 8 nitrogen and oxygen atoms in total. The highest BCUT2D eigenvalue weighted by Crippen LogP contribution is 2.74. The van der Waals surface area contributed by atoms with Crippen LogP contribution in [0, 0.1) is 11.8 Å². The van der Waals surface area contributed by atoms with E-state index in [9.17, 15) is 4.79 Å². The van der Waals surface area contributed by atoms with Crippen molar-refractivity contribution < 1.29 is 33.4 Å². The van der Waals surface area contributed by atoms with E-state index in [0.717, 1.165) is 4.90 Å². The van der Waals surface area contributed by atoms with E-state index in [1.807, 2.05) is 109 Å². The molecule has 258 valence electrons. The van der Waals surface area contributed by atoms with Crippen molar-refractivity contribution in [1.29, 1.82) is 0 Å². The summed E-state index contributed by atoms with van der Waals surface area (Å²) in [6.45, 7) is 0. The zero-order valence-electron chi connectivity index (χ0n) is 28.5. The Morgan fingerprint density at radius 1 is 0.615 bits per heavy atom. The van der Waals surface area contributed by atoms with Gasteiger partial charge in [0.1, 0.15) is 11.5 Å². The average Bonchev–Trinajstić information content (AvgIpc) is 3.70. The number of rotatable bonds is 8. The molecule has 1 saturated heterocycles. The van der Waals surface area contributed by atoms with E-state index in [-0.39, 0.29) is 22.1 Å². The zero-order valence-corrected chi connectivity index (χ0v) is 29.2. The van der Waals surface area contributed by atoms with Crippen molar-refractivity contribution in [2.75, 3.05) is 26.2 Å². The number of ketones is 1. The lowest BCUT2D eigenvalue weighted by molar-refractivity contribution is -0.130. The molecule has 52 heavy (non-hydrogen) atoms. The minimum Gasteiger partial charge on any atom is -0.497 e. The molecule has 3 aliphatic rings. The van der Waals surface area contributed by atoms with Gasteiger partial charge in [-0.05, 0) is 75.9 Å². The maximum absolute atomic E-state index is 16.1. The maximum Gasteiger partial charge on any atom is 0.339 e. The number of amides is 2. The van der Waals surface area contributed by atoms with Gasteiger partial charge in [-0.1, -0.05) is 96.5 Å². The van der Waals surface area contributed by atoms with Crippen LogP contribution in [0.1, 0.15) is 32.6 Å². The second kappa shape index (κ2) is 12.4. The van der Waals surface area contributed by atoms with Crippen LogP contribution in [0.4, 0.5) is 5.69 Å². The topological polar surface area (TPSA) is 99.2 Å². The summed E-state index contributed by atoms with van der Waals surface area (Å²) < 4.78 is 16.0. The van der Waals surface area contributed by atoms with Crippen molar-refractivity contribution >= 4 is 52.0 Å². The van der Waals surface area contributed by atoms with Crippen molar-refractivity contribution in [3.8, 4) is 11.5 Å². The van der Waals surface area contributed by atoms with Gasteiger partial charge in [0.15, 0.2) is 5.78 Å². The lowest BCUT2D eigenvalue weighted by atomic mass is 9.59. The number of halogens is 1. The van der Waals surface area contributed by atoms with Gasteiger partial charge in [0.05, 0.1) is 60.3 Å². The second-order valence-corrected chi connectivity index (χ2v) is 13.4. The van der Waals surface area contributed by atoms with Gasteiger partial charge >= 0.3 is 5.97 Å². The van der Waals surface area contributed by atoms with Crippen LogP contribution >= 0.6 is 11.6 Å². The summed E-state index contributed by atoms with van der Waals surface area (Å²) in [5.74, 6) is -3.12. The van der Waals surface area contributed by atoms with Crippen molar-refractivity contribution in [3.63, 3.8) is 0 Å². The number of allylic oxidation sites excluding steroid dienone is 2. The van der Waals surface area contributed by atoms with Gasteiger partial charge in [-0.2, -0.15) is 0 Å². The fourth-order valence-electron chi connectivity index (χ4n) is 8.81. The third-order valence-corrected chi connectivity index (χ3v) is 11.2. The molecule has 2 fully saturated rings. The molecule has 4 atom stereocenters. The van der Waals surface area contributed by atoms with Gasteiger partial charge < -0.3 is 14.2 Å². The summed E-state index contributed by atoms with van der Waals surface area (Å²) in [6.07, 6.45) is 0. The van der Waals surface area contributed by atoms with Crippen LogP contribution in [-0.2, 0) is 30.0 Å². The lowest BCUT2D eigenvalue weighted by Crippen LogP contribution is -2.45. The molecular weight excluding hydrogens is 678 g/mol. The average molecular weight is 710 g/mol. The Hall–Kier alpha value is -5.99. The van der Waals surface area contributed by atoms with Crippen LogP contribution in [0.2, 0.25) is 5.02 Å². The van der Waals surface area contributed by atoms with Gasteiger partial charge in [0, 0.05) is 0 Å². The van der Waals surface area contributed by atoms with Crippen LogP contribution < -0.4 is 14.4 Å². The molecule has 0 aromatic heterocycles. The van der Waals surface area contributed by atoms with E-state index >= 15 is 14.4 Å². The summed E-state index contributed by atoms with van der Waals surface area (Å²) in [7, 11) is 4.39. The van der Waals surface area contributed by atoms with E-state index in [4.69, 9.17) is 25.8 Å². The van der Waals surface area contributed by atoms with Crippen LogP contribution in [-0.4, -0.2) is 44.9 Å². The highest BCUT2D eigenvalue weighted by atomic mass is 35.5. The molecule has 5 aromatic carbocycles. The Kier molecular flexibility index (Phi) is 7.88. The number of fused-ring (bicyclic) bond motifs is 5. The van der Waals surface area contributed by atoms with Crippen LogP contribution in [0.5, 0.6) is 11.5 Å². The van der Waals surface area contributed by atoms with E-state index < -0.39 is 40.4 Å². The molecular formula is C43H32ClNO7. The van der Waals surface area contributed by atoms with Crippen molar-refractivity contribution in [2.45, 2.75) is 10.8 Å². The van der Waals surface area contributed by atoms with Gasteiger partial charge in [0.25, 0.3) is 0 Å². The number of hydrogen-bond donors (Lipinski definition) is 0. The molecule has 0 N–H and O–H groups in total. The number of carbonyl (C=O) groups excluding carboxylic acids is 4. The van der Waals surface area contributed by atoms with Gasteiger partial charge in [0.2, 0.25) is 11.8 Å². The third-order valence-electron chi connectivity index (χ3n) is 10.8. The molecule has 9 heteroatoms. The Morgan fingerprint density at radius 2 is 1.06 bits per heavy atom. The third kappa shape index (κ3) is 4.34. The number of imide groups is 1. The first-order valence-corrected chi connectivity index (χ1v) is 17.1. The van der Waals surface area contributed by atoms with Gasteiger partial charge in [-0.15, -0.1) is 0 Å². The minimum absolute atomic E-state index is 0.00453. The minimum atomic E-state index is -1.61. The maximum atomic E-state index is 16.1. The lowest BCUT2D eigenvalue weighted by Gasteiger charge is -2.39. The summed E-state index contributed by atoms with van der Waals surface area (Å²) in [4.78, 5) is 60.5. The molecule has 2 bridgehead atoms. The molecule has 1 aliphatic heterocycles. The summed E-state index contributed by atoms with van der Waals surface area (Å²) >= 11 is 6.38. The van der Waals surface area contributed by atoms with Crippen molar-refractivity contribution in [1.82, 2.24) is 0 Å². The molecule has 2 amide bonds. The number of anilines is 1. The highest BCUT2D eigenvalue weighted by Gasteiger charge is 2.82. The molecule has 2 aliphatic carbocycles.